The number of fused-ring (bicyclic) bond motifs is 1. The quantitative estimate of drug-likeness (QED) is 0.764. The zero-order chi connectivity index (χ0) is 17.2. The maximum Gasteiger partial charge on any atom is 0.223 e. The second-order valence-electron chi connectivity index (χ2n) is 6.66. The lowest BCUT2D eigenvalue weighted by atomic mass is 9.97. The third kappa shape index (κ3) is 3.40. The van der Waals surface area contributed by atoms with Crippen LogP contribution in [0.25, 0.3) is 11.0 Å². The van der Waals surface area contributed by atoms with Crippen LogP contribution in [0.15, 0.2) is 24.3 Å². The average molecular weight is 338 g/mol. The molecule has 1 aliphatic rings. The van der Waals surface area contributed by atoms with Gasteiger partial charge in [-0.3, -0.25) is 9.89 Å². The van der Waals surface area contributed by atoms with Gasteiger partial charge in [0.05, 0.1) is 11.0 Å². The van der Waals surface area contributed by atoms with Crippen LogP contribution in [0.1, 0.15) is 42.7 Å². The van der Waals surface area contributed by atoms with E-state index < -0.39 is 0 Å². The van der Waals surface area contributed by atoms with Crippen molar-refractivity contribution in [3.05, 3.63) is 41.7 Å². The molecule has 1 fully saturated rings. The highest BCUT2D eigenvalue weighted by Crippen LogP contribution is 2.27. The number of carbonyl (C=O) groups excluding carboxylic acids is 1. The molecule has 25 heavy (non-hydrogen) atoms. The van der Waals surface area contributed by atoms with Crippen LogP contribution in [0.2, 0.25) is 0 Å². The number of amides is 1. The molecule has 1 atom stereocenters. The number of likely N-dealkylation sites (tertiary alicyclic amines) is 1. The summed E-state index contributed by atoms with van der Waals surface area (Å²) in [5.41, 5.74) is 2.04. The van der Waals surface area contributed by atoms with Crippen molar-refractivity contribution in [1.82, 2.24) is 30.0 Å². The topological polar surface area (TPSA) is 90.6 Å². The Morgan fingerprint density at radius 3 is 3.00 bits per heavy atom. The van der Waals surface area contributed by atoms with E-state index in [-0.39, 0.29) is 11.8 Å². The number of piperidine rings is 1. The minimum Gasteiger partial charge on any atom is -0.342 e. The molecule has 4 rings (SSSR count). The molecule has 0 spiro atoms. The Morgan fingerprint density at radius 2 is 2.20 bits per heavy atom. The first kappa shape index (κ1) is 15.8. The van der Waals surface area contributed by atoms with Gasteiger partial charge in [-0.1, -0.05) is 12.1 Å². The van der Waals surface area contributed by atoms with Gasteiger partial charge >= 0.3 is 0 Å². The highest BCUT2D eigenvalue weighted by atomic mass is 16.2. The van der Waals surface area contributed by atoms with E-state index in [4.69, 9.17) is 4.98 Å². The smallest absolute Gasteiger partial charge is 0.223 e. The number of hydrogen-bond donors (Lipinski definition) is 2. The van der Waals surface area contributed by atoms with Gasteiger partial charge < -0.3 is 9.88 Å². The number of aromatic amines is 2. The highest BCUT2D eigenvalue weighted by Gasteiger charge is 2.26. The summed E-state index contributed by atoms with van der Waals surface area (Å²) in [4.78, 5) is 26.9. The molecule has 0 aliphatic carbocycles. The molecule has 1 amide bonds. The molecular formula is C18H22N6O. The van der Waals surface area contributed by atoms with E-state index >= 15 is 0 Å². The van der Waals surface area contributed by atoms with Crippen molar-refractivity contribution in [2.45, 2.75) is 38.5 Å². The number of para-hydroxylation sites is 2. The van der Waals surface area contributed by atoms with Crippen molar-refractivity contribution in [2.24, 2.45) is 0 Å². The summed E-state index contributed by atoms with van der Waals surface area (Å²) in [5.74, 6) is 2.92. The number of nitrogens with zero attached hydrogens (tertiary/aromatic N) is 4. The van der Waals surface area contributed by atoms with E-state index in [1.165, 1.54) is 0 Å². The van der Waals surface area contributed by atoms with Crippen LogP contribution in [-0.4, -0.2) is 49.0 Å². The molecule has 0 saturated carbocycles. The van der Waals surface area contributed by atoms with E-state index in [0.717, 1.165) is 48.6 Å². The fourth-order valence-corrected chi connectivity index (χ4v) is 3.47. The van der Waals surface area contributed by atoms with Gasteiger partial charge in [-0.15, -0.1) is 0 Å². The molecule has 130 valence electrons. The Balaban J connectivity index is 1.40. The molecule has 0 unspecified atom stereocenters. The van der Waals surface area contributed by atoms with E-state index in [1.54, 1.807) is 0 Å². The molecule has 1 saturated heterocycles. The number of aromatic nitrogens is 5. The summed E-state index contributed by atoms with van der Waals surface area (Å²) >= 11 is 0. The zero-order valence-corrected chi connectivity index (χ0v) is 14.3. The van der Waals surface area contributed by atoms with Crippen LogP contribution in [0.3, 0.4) is 0 Å². The number of nitrogens with one attached hydrogen (secondary N) is 2. The molecule has 0 radical (unpaired) electrons. The number of hydrogen-bond acceptors (Lipinski definition) is 4. The van der Waals surface area contributed by atoms with Crippen LogP contribution >= 0.6 is 0 Å². The largest absolute Gasteiger partial charge is 0.342 e. The summed E-state index contributed by atoms with van der Waals surface area (Å²) in [6.45, 7) is 3.41. The van der Waals surface area contributed by atoms with Crippen molar-refractivity contribution in [3.63, 3.8) is 0 Å². The van der Waals surface area contributed by atoms with E-state index in [9.17, 15) is 4.79 Å². The first-order valence-electron chi connectivity index (χ1n) is 8.79. The average Bonchev–Trinajstić information content (AvgIpc) is 3.25. The van der Waals surface area contributed by atoms with E-state index in [1.807, 2.05) is 36.1 Å². The van der Waals surface area contributed by atoms with Gasteiger partial charge in [0.15, 0.2) is 5.82 Å². The summed E-state index contributed by atoms with van der Waals surface area (Å²) in [7, 11) is 0. The molecule has 1 aliphatic heterocycles. The number of rotatable bonds is 4. The maximum atomic E-state index is 12.6. The highest BCUT2D eigenvalue weighted by molar-refractivity contribution is 5.77. The lowest BCUT2D eigenvalue weighted by Crippen LogP contribution is -2.39. The maximum absolute atomic E-state index is 12.6. The first-order chi connectivity index (χ1) is 12.2. The summed E-state index contributed by atoms with van der Waals surface area (Å²) in [6.07, 6.45) is 3.09. The van der Waals surface area contributed by atoms with Gasteiger partial charge in [-0.25, -0.2) is 9.97 Å². The Kier molecular flexibility index (Phi) is 4.21. The third-order valence-electron chi connectivity index (χ3n) is 4.77. The van der Waals surface area contributed by atoms with Gasteiger partial charge in [-0.2, -0.15) is 5.10 Å². The minimum atomic E-state index is 0.170. The van der Waals surface area contributed by atoms with Crippen molar-refractivity contribution >= 4 is 16.9 Å². The SMILES string of the molecule is Cc1nc(CCC(=O)N2CCC[C@H](c3nc4ccccc4[nH]3)C2)n[nH]1. The number of H-pyrrole nitrogens is 2. The van der Waals surface area contributed by atoms with E-state index in [2.05, 4.69) is 20.2 Å². The fraction of sp³-hybridized carbons (Fsp3) is 0.444. The molecule has 3 heterocycles. The van der Waals surface area contributed by atoms with Crippen LogP contribution in [0, 0.1) is 6.92 Å². The fourth-order valence-electron chi connectivity index (χ4n) is 3.47. The van der Waals surface area contributed by atoms with Crippen molar-refractivity contribution < 1.29 is 4.79 Å². The van der Waals surface area contributed by atoms with Crippen molar-refractivity contribution in [2.75, 3.05) is 13.1 Å². The van der Waals surface area contributed by atoms with Crippen LogP contribution in [0.4, 0.5) is 0 Å². The Bertz CT molecular complexity index is 849. The van der Waals surface area contributed by atoms with Crippen LogP contribution < -0.4 is 0 Å². The zero-order valence-electron chi connectivity index (χ0n) is 14.3. The second-order valence-corrected chi connectivity index (χ2v) is 6.66. The first-order valence-corrected chi connectivity index (χ1v) is 8.79. The van der Waals surface area contributed by atoms with Crippen LogP contribution in [0.5, 0.6) is 0 Å². The second kappa shape index (κ2) is 6.66. The summed E-state index contributed by atoms with van der Waals surface area (Å²) in [5, 5.41) is 6.91. The van der Waals surface area contributed by atoms with Crippen LogP contribution in [-0.2, 0) is 11.2 Å². The predicted octanol–water partition coefficient (Wildman–Crippen LogP) is 2.33. The Morgan fingerprint density at radius 1 is 1.32 bits per heavy atom. The van der Waals surface area contributed by atoms with Gasteiger partial charge in [0.2, 0.25) is 5.91 Å². The summed E-state index contributed by atoms with van der Waals surface area (Å²) < 4.78 is 0. The minimum absolute atomic E-state index is 0.170. The Labute approximate surface area is 145 Å². The molecule has 3 aromatic rings. The Hall–Kier alpha value is -2.70. The number of imidazole rings is 1. The van der Waals surface area contributed by atoms with Gasteiger partial charge in [-0.05, 0) is 31.9 Å². The molecule has 2 N–H and O–H groups in total. The van der Waals surface area contributed by atoms with Gasteiger partial charge in [0.1, 0.15) is 11.6 Å². The standard InChI is InChI=1S/C18H22N6O/c1-12-19-16(23-22-12)8-9-17(25)24-10-4-5-13(11-24)18-20-14-6-2-3-7-15(14)21-18/h2-3,6-7,13H,4-5,8-11H2,1H3,(H,20,21)(H,19,22,23)/t13-/m0/s1. The molecule has 1 aromatic carbocycles. The number of benzene rings is 1. The monoisotopic (exact) mass is 338 g/mol. The third-order valence-corrected chi connectivity index (χ3v) is 4.77. The molecule has 7 nitrogen and oxygen atoms in total. The number of carbonyl (C=O) groups is 1. The van der Waals surface area contributed by atoms with Crippen molar-refractivity contribution in [3.8, 4) is 0 Å². The molecule has 7 heteroatoms. The normalized spacial score (nSPS) is 18.0. The van der Waals surface area contributed by atoms with E-state index in [0.29, 0.717) is 18.7 Å². The number of aryl methyl sites for hydroxylation is 2. The molecule has 2 aromatic heterocycles. The lowest BCUT2D eigenvalue weighted by molar-refractivity contribution is -0.132. The summed E-state index contributed by atoms with van der Waals surface area (Å²) in [6, 6.07) is 8.05. The predicted molar refractivity (Wildman–Crippen MR) is 94.1 cm³/mol. The van der Waals surface area contributed by atoms with Gasteiger partial charge in [0.25, 0.3) is 0 Å². The van der Waals surface area contributed by atoms with Gasteiger partial charge in [0, 0.05) is 31.8 Å². The molecular weight excluding hydrogens is 316 g/mol. The molecule has 0 bridgehead atoms. The lowest BCUT2D eigenvalue weighted by Gasteiger charge is -2.31. The van der Waals surface area contributed by atoms with Crippen molar-refractivity contribution in [1.29, 1.82) is 0 Å².